The molecular weight excluding hydrogens is 332 g/mol. The average molecular weight is 345 g/mol. The van der Waals surface area contributed by atoms with E-state index in [1.165, 1.54) is 25.4 Å². The molecule has 0 unspecified atom stereocenters. The molecule has 20 heavy (non-hydrogen) atoms. The number of esters is 1. The Hall–Kier alpha value is -1.96. The second kappa shape index (κ2) is 7.59. The number of hydrogen-bond acceptors (Lipinski definition) is 5. The number of methoxy groups -OCH3 is 1. The third kappa shape index (κ3) is 4.96. The largest absolute Gasteiger partial charge is 0.480 e. The van der Waals surface area contributed by atoms with Crippen LogP contribution in [0.1, 0.15) is 23.2 Å². The molecule has 7 nitrogen and oxygen atoms in total. The second-order valence-electron chi connectivity index (χ2n) is 3.85. The first-order valence-corrected chi connectivity index (χ1v) is 6.45. The van der Waals surface area contributed by atoms with Gasteiger partial charge in [0.05, 0.1) is 7.11 Å². The van der Waals surface area contributed by atoms with Crippen LogP contribution in [0.3, 0.4) is 0 Å². The van der Waals surface area contributed by atoms with E-state index >= 15 is 0 Å². The van der Waals surface area contributed by atoms with Crippen molar-refractivity contribution in [3.63, 3.8) is 0 Å². The molecule has 0 spiro atoms. The van der Waals surface area contributed by atoms with Crippen molar-refractivity contribution in [2.75, 3.05) is 7.11 Å². The predicted molar refractivity (Wildman–Crippen MR) is 72.1 cm³/mol. The van der Waals surface area contributed by atoms with E-state index in [4.69, 9.17) is 5.11 Å². The summed E-state index contributed by atoms with van der Waals surface area (Å²) in [6.07, 6.45) is 1.29. The highest BCUT2D eigenvalue weighted by Gasteiger charge is 2.22. The molecule has 0 saturated carbocycles. The van der Waals surface area contributed by atoms with Crippen molar-refractivity contribution in [2.24, 2.45) is 0 Å². The minimum absolute atomic E-state index is 0.0417. The van der Waals surface area contributed by atoms with Gasteiger partial charge in [0.1, 0.15) is 10.6 Å². The van der Waals surface area contributed by atoms with Crippen LogP contribution in [0.2, 0.25) is 0 Å². The lowest BCUT2D eigenvalue weighted by molar-refractivity contribution is -0.142. The Bertz CT molecular complexity index is 520. The van der Waals surface area contributed by atoms with Gasteiger partial charge < -0.3 is 15.2 Å². The molecule has 1 aromatic rings. The Morgan fingerprint density at radius 2 is 2.20 bits per heavy atom. The van der Waals surface area contributed by atoms with Crippen LogP contribution in [0.25, 0.3) is 0 Å². The Kier molecular flexibility index (Phi) is 6.10. The summed E-state index contributed by atoms with van der Waals surface area (Å²) in [5.41, 5.74) is 0.274. The summed E-state index contributed by atoms with van der Waals surface area (Å²) in [7, 11) is 1.21. The highest BCUT2D eigenvalue weighted by atomic mass is 79.9. The normalized spacial score (nSPS) is 11.5. The zero-order valence-corrected chi connectivity index (χ0v) is 12.2. The quantitative estimate of drug-likeness (QED) is 0.588. The van der Waals surface area contributed by atoms with Gasteiger partial charge in [-0.05, 0) is 34.5 Å². The van der Waals surface area contributed by atoms with Crippen LogP contribution >= 0.6 is 15.9 Å². The number of rotatable bonds is 6. The third-order valence-corrected chi connectivity index (χ3v) is 2.89. The molecule has 0 bridgehead atoms. The molecule has 1 aromatic heterocycles. The van der Waals surface area contributed by atoms with Crippen molar-refractivity contribution in [2.45, 2.75) is 18.9 Å². The molecule has 0 saturated heterocycles. The van der Waals surface area contributed by atoms with E-state index in [-0.39, 0.29) is 18.4 Å². The molecule has 1 atom stereocenters. The molecule has 0 aliphatic carbocycles. The van der Waals surface area contributed by atoms with Crippen LogP contribution in [-0.4, -0.2) is 41.1 Å². The number of ether oxygens (including phenoxy) is 1. The fourth-order valence-corrected chi connectivity index (χ4v) is 1.77. The highest BCUT2D eigenvalue weighted by molar-refractivity contribution is 9.10. The SMILES string of the molecule is COC(=O)CC[C@H](NC(=O)c1ccnc(Br)c1)C(=O)O. The molecule has 0 aliphatic heterocycles. The molecule has 1 heterocycles. The highest BCUT2D eigenvalue weighted by Crippen LogP contribution is 2.09. The summed E-state index contributed by atoms with van der Waals surface area (Å²) < 4.78 is 4.89. The van der Waals surface area contributed by atoms with Crippen LogP contribution in [-0.2, 0) is 14.3 Å². The van der Waals surface area contributed by atoms with Gasteiger partial charge in [-0.25, -0.2) is 9.78 Å². The minimum atomic E-state index is -1.21. The summed E-state index contributed by atoms with van der Waals surface area (Å²) in [6.45, 7) is 0. The van der Waals surface area contributed by atoms with Gasteiger partial charge in [0.2, 0.25) is 0 Å². The number of aliphatic carboxylic acids is 1. The van der Waals surface area contributed by atoms with E-state index in [0.29, 0.717) is 4.60 Å². The topological polar surface area (TPSA) is 106 Å². The van der Waals surface area contributed by atoms with Gasteiger partial charge in [-0.2, -0.15) is 0 Å². The number of hydrogen-bond donors (Lipinski definition) is 2. The fraction of sp³-hybridized carbons (Fsp3) is 0.333. The van der Waals surface area contributed by atoms with Crippen molar-refractivity contribution in [1.29, 1.82) is 0 Å². The van der Waals surface area contributed by atoms with Gasteiger partial charge in [0.25, 0.3) is 5.91 Å². The monoisotopic (exact) mass is 344 g/mol. The fourth-order valence-electron chi connectivity index (χ4n) is 1.41. The van der Waals surface area contributed by atoms with Gasteiger partial charge >= 0.3 is 11.9 Å². The summed E-state index contributed by atoms with van der Waals surface area (Å²) in [4.78, 5) is 37.8. The number of pyridine rings is 1. The standard InChI is InChI=1S/C12H13BrN2O5/c1-20-10(16)3-2-8(12(18)19)15-11(17)7-4-5-14-9(13)6-7/h4-6,8H,2-3H2,1H3,(H,15,17)(H,18,19)/t8-/m0/s1. The number of carboxylic acid groups (broad SMARTS) is 1. The Morgan fingerprint density at radius 1 is 1.50 bits per heavy atom. The zero-order valence-electron chi connectivity index (χ0n) is 10.6. The molecule has 0 fully saturated rings. The van der Waals surface area contributed by atoms with Crippen LogP contribution in [0.15, 0.2) is 22.9 Å². The van der Waals surface area contributed by atoms with Crippen molar-refractivity contribution in [1.82, 2.24) is 10.3 Å². The van der Waals surface area contributed by atoms with Gasteiger partial charge in [0.15, 0.2) is 0 Å². The minimum Gasteiger partial charge on any atom is -0.480 e. The lowest BCUT2D eigenvalue weighted by Crippen LogP contribution is -2.41. The molecule has 2 N–H and O–H groups in total. The van der Waals surface area contributed by atoms with E-state index < -0.39 is 23.9 Å². The summed E-state index contributed by atoms with van der Waals surface area (Å²) in [6, 6.07) is 1.77. The smallest absolute Gasteiger partial charge is 0.326 e. The van der Waals surface area contributed by atoms with Gasteiger partial charge in [-0.3, -0.25) is 9.59 Å². The number of halogens is 1. The molecule has 8 heteroatoms. The lowest BCUT2D eigenvalue weighted by atomic mass is 10.1. The molecule has 108 valence electrons. The molecular formula is C12H13BrN2O5. The lowest BCUT2D eigenvalue weighted by Gasteiger charge is -2.13. The van der Waals surface area contributed by atoms with Crippen molar-refractivity contribution < 1.29 is 24.2 Å². The van der Waals surface area contributed by atoms with Crippen LogP contribution in [0.4, 0.5) is 0 Å². The Morgan fingerprint density at radius 3 is 2.75 bits per heavy atom. The summed E-state index contributed by atoms with van der Waals surface area (Å²) >= 11 is 3.12. The van der Waals surface area contributed by atoms with E-state index in [0.717, 1.165) is 0 Å². The Balaban J connectivity index is 2.68. The van der Waals surface area contributed by atoms with E-state index in [2.05, 4.69) is 31.0 Å². The number of carbonyl (C=O) groups is 3. The number of carbonyl (C=O) groups excluding carboxylic acids is 2. The first kappa shape index (κ1) is 16.1. The summed E-state index contributed by atoms with van der Waals surface area (Å²) in [5.74, 6) is -2.29. The molecule has 1 rings (SSSR count). The van der Waals surface area contributed by atoms with Gasteiger partial charge in [-0.1, -0.05) is 0 Å². The van der Waals surface area contributed by atoms with Crippen LogP contribution in [0.5, 0.6) is 0 Å². The third-order valence-electron chi connectivity index (χ3n) is 2.46. The molecule has 0 radical (unpaired) electrons. The molecule has 0 aromatic carbocycles. The van der Waals surface area contributed by atoms with Crippen molar-refractivity contribution in [3.05, 3.63) is 28.5 Å². The maximum absolute atomic E-state index is 11.9. The maximum Gasteiger partial charge on any atom is 0.326 e. The van der Waals surface area contributed by atoms with Crippen molar-refractivity contribution >= 4 is 33.8 Å². The number of aromatic nitrogens is 1. The molecule has 0 aliphatic rings. The van der Waals surface area contributed by atoms with Crippen LogP contribution < -0.4 is 5.32 Å². The number of carboxylic acids is 1. The average Bonchev–Trinajstić information content (AvgIpc) is 2.42. The zero-order chi connectivity index (χ0) is 15.1. The van der Waals surface area contributed by atoms with Crippen LogP contribution in [0, 0.1) is 0 Å². The molecule has 1 amide bonds. The summed E-state index contributed by atoms with van der Waals surface area (Å²) in [5, 5.41) is 11.4. The first-order valence-electron chi connectivity index (χ1n) is 5.66. The van der Waals surface area contributed by atoms with Gasteiger partial charge in [-0.15, -0.1) is 0 Å². The van der Waals surface area contributed by atoms with E-state index in [1.54, 1.807) is 0 Å². The van der Waals surface area contributed by atoms with E-state index in [1.807, 2.05) is 0 Å². The second-order valence-corrected chi connectivity index (χ2v) is 4.66. The number of nitrogens with one attached hydrogen (secondary N) is 1. The predicted octanol–water partition coefficient (Wildman–Crippen LogP) is 0.980. The van der Waals surface area contributed by atoms with E-state index in [9.17, 15) is 14.4 Å². The van der Waals surface area contributed by atoms with Gasteiger partial charge in [0, 0.05) is 18.2 Å². The maximum atomic E-state index is 11.9. The number of amides is 1. The Labute approximate surface area is 123 Å². The number of nitrogens with zero attached hydrogens (tertiary/aromatic N) is 1. The first-order chi connectivity index (χ1) is 9.43. The van der Waals surface area contributed by atoms with Crippen molar-refractivity contribution in [3.8, 4) is 0 Å².